The van der Waals surface area contributed by atoms with Crippen molar-refractivity contribution in [2.75, 3.05) is 0 Å². The van der Waals surface area contributed by atoms with E-state index in [4.69, 9.17) is 0 Å². The SMILES string of the molecule is C=C(O)Cc1cn(C(c2ccccc2)(c2ccccc2)c2ccccc2)cn1. The van der Waals surface area contributed by atoms with E-state index in [2.05, 4.69) is 88.9 Å². The number of hydrogen-bond acceptors (Lipinski definition) is 2. The minimum absolute atomic E-state index is 0.106. The van der Waals surface area contributed by atoms with Crippen LogP contribution in [-0.4, -0.2) is 14.7 Å². The first kappa shape index (κ1) is 17.8. The molecule has 3 heteroatoms. The van der Waals surface area contributed by atoms with Crippen LogP contribution in [0.25, 0.3) is 0 Å². The Morgan fingerprint density at radius 3 is 1.61 bits per heavy atom. The zero-order valence-electron chi connectivity index (χ0n) is 15.6. The average Bonchev–Trinajstić information content (AvgIpc) is 3.19. The molecular weight excluding hydrogens is 344 g/mol. The lowest BCUT2D eigenvalue weighted by Crippen LogP contribution is -2.36. The summed E-state index contributed by atoms with van der Waals surface area (Å²) in [5.41, 5.74) is 3.61. The van der Waals surface area contributed by atoms with Gasteiger partial charge in [-0.1, -0.05) is 97.6 Å². The van der Waals surface area contributed by atoms with Crippen molar-refractivity contribution in [2.45, 2.75) is 12.0 Å². The normalized spacial score (nSPS) is 11.3. The van der Waals surface area contributed by atoms with Crippen LogP contribution in [0.2, 0.25) is 0 Å². The molecule has 0 atom stereocenters. The van der Waals surface area contributed by atoms with Crippen molar-refractivity contribution in [1.82, 2.24) is 9.55 Å². The van der Waals surface area contributed by atoms with Gasteiger partial charge in [0.1, 0.15) is 5.54 Å². The molecule has 0 aliphatic rings. The summed E-state index contributed by atoms with van der Waals surface area (Å²) in [5.74, 6) is 0.106. The highest BCUT2D eigenvalue weighted by Gasteiger charge is 2.38. The molecule has 138 valence electrons. The molecule has 0 saturated heterocycles. The zero-order valence-corrected chi connectivity index (χ0v) is 15.6. The Labute approximate surface area is 165 Å². The zero-order chi connectivity index (χ0) is 19.4. The van der Waals surface area contributed by atoms with Crippen LogP contribution in [0.4, 0.5) is 0 Å². The molecule has 0 saturated carbocycles. The number of hydrogen-bond donors (Lipinski definition) is 1. The fraction of sp³-hybridized carbons (Fsp3) is 0.0800. The summed E-state index contributed by atoms with van der Waals surface area (Å²) in [6.07, 6.45) is 4.17. The third kappa shape index (κ3) is 3.12. The van der Waals surface area contributed by atoms with Crippen LogP contribution >= 0.6 is 0 Å². The van der Waals surface area contributed by atoms with Gasteiger partial charge in [-0.15, -0.1) is 0 Å². The molecule has 1 heterocycles. The van der Waals surface area contributed by atoms with Gasteiger partial charge in [0.05, 0.1) is 17.8 Å². The van der Waals surface area contributed by atoms with Gasteiger partial charge in [-0.05, 0) is 16.7 Å². The smallest absolute Gasteiger partial charge is 0.121 e. The molecule has 0 radical (unpaired) electrons. The maximum absolute atomic E-state index is 9.63. The van der Waals surface area contributed by atoms with Gasteiger partial charge in [0.25, 0.3) is 0 Å². The number of benzene rings is 3. The predicted octanol–water partition coefficient (Wildman–Crippen LogP) is 5.34. The molecule has 0 unspecified atom stereocenters. The first-order chi connectivity index (χ1) is 13.7. The van der Waals surface area contributed by atoms with Gasteiger partial charge >= 0.3 is 0 Å². The third-order valence-corrected chi connectivity index (χ3v) is 4.98. The van der Waals surface area contributed by atoms with E-state index in [9.17, 15) is 5.11 Å². The van der Waals surface area contributed by atoms with Crippen LogP contribution in [0.1, 0.15) is 22.4 Å². The van der Waals surface area contributed by atoms with E-state index in [0.717, 1.165) is 22.4 Å². The summed E-state index contributed by atoms with van der Waals surface area (Å²) in [6, 6.07) is 31.3. The van der Waals surface area contributed by atoms with Crippen molar-refractivity contribution in [3.8, 4) is 0 Å². The molecule has 3 aromatic carbocycles. The lowest BCUT2D eigenvalue weighted by atomic mass is 9.77. The van der Waals surface area contributed by atoms with Crippen LogP contribution in [0.15, 0.2) is 116 Å². The number of aliphatic hydroxyl groups excluding tert-OH is 1. The Hall–Kier alpha value is -3.59. The predicted molar refractivity (Wildman–Crippen MR) is 112 cm³/mol. The molecule has 4 rings (SSSR count). The quantitative estimate of drug-likeness (QED) is 0.370. The van der Waals surface area contributed by atoms with Crippen LogP contribution < -0.4 is 0 Å². The highest BCUT2D eigenvalue weighted by Crippen LogP contribution is 2.40. The first-order valence-corrected chi connectivity index (χ1v) is 9.28. The second kappa shape index (κ2) is 7.57. The molecule has 0 amide bonds. The lowest BCUT2D eigenvalue weighted by Gasteiger charge is -2.37. The van der Waals surface area contributed by atoms with Crippen LogP contribution in [0.3, 0.4) is 0 Å². The number of allylic oxidation sites excluding steroid dienone is 1. The van der Waals surface area contributed by atoms with E-state index in [1.165, 1.54) is 0 Å². The van der Waals surface area contributed by atoms with Gasteiger partial charge in [0, 0.05) is 12.6 Å². The molecule has 0 spiro atoms. The van der Waals surface area contributed by atoms with Gasteiger partial charge in [0.2, 0.25) is 0 Å². The van der Waals surface area contributed by atoms with Crippen LogP contribution in [-0.2, 0) is 12.0 Å². The fourth-order valence-corrected chi connectivity index (χ4v) is 3.83. The number of aromatic nitrogens is 2. The number of imidazole rings is 1. The van der Waals surface area contributed by atoms with E-state index in [0.29, 0.717) is 6.42 Å². The van der Waals surface area contributed by atoms with Gasteiger partial charge in [-0.3, -0.25) is 0 Å². The van der Waals surface area contributed by atoms with E-state index < -0.39 is 5.54 Å². The minimum atomic E-state index is -0.578. The molecule has 0 fully saturated rings. The topological polar surface area (TPSA) is 38.0 Å². The maximum atomic E-state index is 9.63. The molecule has 0 bridgehead atoms. The first-order valence-electron chi connectivity index (χ1n) is 9.28. The summed E-state index contributed by atoms with van der Waals surface area (Å²) in [5, 5.41) is 9.63. The van der Waals surface area contributed by atoms with Crippen molar-refractivity contribution in [3.63, 3.8) is 0 Å². The molecular formula is C25H22N2O. The second-order valence-electron chi connectivity index (χ2n) is 6.82. The third-order valence-electron chi connectivity index (χ3n) is 4.98. The largest absolute Gasteiger partial charge is 0.513 e. The Bertz CT molecular complexity index is 957. The van der Waals surface area contributed by atoms with E-state index in [1.807, 2.05) is 30.7 Å². The van der Waals surface area contributed by atoms with Crippen molar-refractivity contribution in [3.05, 3.63) is 138 Å². The van der Waals surface area contributed by atoms with Crippen LogP contribution in [0, 0.1) is 0 Å². The number of nitrogens with zero attached hydrogens (tertiary/aromatic N) is 2. The highest BCUT2D eigenvalue weighted by molar-refractivity contribution is 5.50. The molecule has 0 aliphatic carbocycles. The Morgan fingerprint density at radius 2 is 1.21 bits per heavy atom. The van der Waals surface area contributed by atoms with Crippen LogP contribution in [0.5, 0.6) is 0 Å². The van der Waals surface area contributed by atoms with Crippen molar-refractivity contribution >= 4 is 0 Å². The van der Waals surface area contributed by atoms with Gasteiger partial charge in [0.15, 0.2) is 0 Å². The summed E-state index contributed by atoms with van der Waals surface area (Å²) >= 11 is 0. The second-order valence-corrected chi connectivity index (χ2v) is 6.82. The van der Waals surface area contributed by atoms with Crippen molar-refractivity contribution in [1.29, 1.82) is 0 Å². The fourth-order valence-electron chi connectivity index (χ4n) is 3.83. The number of rotatable bonds is 6. The van der Waals surface area contributed by atoms with E-state index in [-0.39, 0.29) is 5.76 Å². The minimum Gasteiger partial charge on any atom is -0.513 e. The summed E-state index contributed by atoms with van der Waals surface area (Å²) < 4.78 is 2.13. The Morgan fingerprint density at radius 1 is 0.786 bits per heavy atom. The monoisotopic (exact) mass is 366 g/mol. The Kier molecular flexibility index (Phi) is 4.81. The molecule has 1 aromatic heterocycles. The van der Waals surface area contributed by atoms with Gasteiger partial charge < -0.3 is 9.67 Å². The van der Waals surface area contributed by atoms with E-state index >= 15 is 0 Å². The standard InChI is InChI=1S/C25H22N2O/c1-20(28)17-24-18-27(19-26-24)25(21-11-5-2-6-12-21,22-13-7-3-8-14-22)23-15-9-4-10-16-23/h2-16,18-19,28H,1,17H2. The number of aliphatic hydroxyl groups is 1. The lowest BCUT2D eigenvalue weighted by molar-refractivity contribution is 0.400. The van der Waals surface area contributed by atoms with Gasteiger partial charge in [-0.25, -0.2) is 4.98 Å². The molecule has 4 aromatic rings. The van der Waals surface area contributed by atoms with Gasteiger partial charge in [-0.2, -0.15) is 0 Å². The highest BCUT2D eigenvalue weighted by atomic mass is 16.3. The Balaban J connectivity index is 2.04. The maximum Gasteiger partial charge on any atom is 0.121 e. The summed E-state index contributed by atoms with van der Waals surface area (Å²) in [7, 11) is 0. The summed E-state index contributed by atoms with van der Waals surface area (Å²) in [4.78, 5) is 4.54. The molecule has 3 nitrogen and oxygen atoms in total. The molecule has 1 N–H and O–H groups in total. The molecule has 28 heavy (non-hydrogen) atoms. The van der Waals surface area contributed by atoms with E-state index in [1.54, 1.807) is 0 Å². The average molecular weight is 366 g/mol. The summed E-state index contributed by atoms with van der Waals surface area (Å²) in [6.45, 7) is 3.60. The van der Waals surface area contributed by atoms with Crippen molar-refractivity contribution in [2.24, 2.45) is 0 Å². The van der Waals surface area contributed by atoms with Crippen molar-refractivity contribution < 1.29 is 5.11 Å². The molecule has 0 aliphatic heterocycles.